The van der Waals surface area contributed by atoms with Crippen LogP contribution in [0.25, 0.3) is 11.3 Å². The maximum absolute atomic E-state index is 11.5. The third kappa shape index (κ3) is 4.48. The van der Waals surface area contributed by atoms with Crippen LogP contribution in [0.1, 0.15) is 16.1 Å². The number of hydrogen-bond acceptors (Lipinski definition) is 6. The van der Waals surface area contributed by atoms with Crippen molar-refractivity contribution < 1.29 is 19.6 Å². The van der Waals surface area contributed by atoms with Crippen molar-refractivity contribution in [2.45, 2.75) is 20.0 Å². The monoisotopic (exact) mass is 384 g/mol. The number of nitro groups is 1. The predicted octanol–water partition coefficient (Wildman–Crippen LogP) is 4.23. The summed E-state index contributed by atoms with van der Waals surface area (Å²) in [5.74, 6) is -0.853. The van der Waals surface area contributed by atoms with E-state index in [-0.39, 0.29) is 24.5 Å². The molecule has 0 saturated heterocycles. The minimum atomic E-state index is -0.980. The summed E-state index contributed by atoms with van der Waals surface area (Å²) >= 11 is 1.20. The van der Waals surface area contributed by atoms with Crippen LogP contribution < -0.4 is 4.74 Å². The normalized spacial score (nSPS) is 10.6. The number of aromatic nitrogens is 1. The van der Waals surface area contributed by atoms with E-state index in [4.69, 9.17) is 9.84 Å². The van der Waals surface area contributed by atoms with Crippen LogP contribution in [0.5, 0.6) is 5.75 Å². The number of hydrogen-bond donors (Lipinski definition) is 1. The minimum Gasteiger partial charge on any atom is -0.481 e. The molecule has 8 heteroatoms. The topological polar surface area (TPSA) is 103 Å². The van der Waals surface area contributed by atoms with Gasteiger partial charge in [0.1, 0.15) is 11.6 Å². The Morgan fingerprint density at radius 2 is 2.04 bits per heavy atom. The molecule has 1 N–H and O–H groups in total. The highest BCUT2D eigenvalue weighted by Crippen LogP contribution is 2.40. The van der Waals surface area contributed by atoms with Gasteiger partial charge in [0.15, 0.2) is 0 Å². The van der Waals surface area contributed by atoms with Crippen molar-refractivity contribution in [2.75, 3.05) is 0 Å². The summed E-state index contributed by atoms with van der Waals surface area (Å²) in [7, 11) is 0. The third-order valence-corrected chi connectivity index (χ3v) is 4.62. The van der Waals surface area contributed by atoms with Crippen LogP contribution in [0.2, 0.25) is 0 Å². The first-order valence-corrected chi connectivity index (χ1v) is 8.94. The van der Waals surface area contributed by atoms with Crippen molar-refractivity contribution in [2.24, 2.45) is 0 Å². The van der Waals surface area contributed by atoms with Crippen molar-refractivity contribution in [1.29, 1.82) is 0 Å². The van der Waals surface area contributed by atoms with Gasteiger partial charge in [-0.1, -0.05) is 30.3 Å². The standard InChI is InChI=1S/C19H16N2O5S/c1-12-7-14(15-11-27-17(20-15)9-18(22)23)19(16(8-12)21(24)25)26-10-13-5-3-2-4-6-13/h2-8,11H,9-10H2,1H3,(H,22,23). The van der Waals surface area contributed by atoms with Crippen molar-refractivity contribution in [3.05, 3.63) is 74.1 Å². The molecule has 1 heterocycles. The number of thiazole rings is 1. The lowest BCUT2D eigenvalue weighted by Crippen LogP contribution is -2.02. The van der Waals surface area contributed by atoms with Gasteiger partial charge in [0.05, 0.1) is 22.6 Å². The fraction of sp³-hybridized carbons (Fsp3) is 0.158. The molecule has 1 aromatic heterocycles. The van der Waals surface area contributed by atoms with Gasteiger partial charge in [-0.25, -0.2) is 4.98 Å². The zero-order valence-corrected chi connectivity index (χ0v) is 15.2. The Labute approximate surface area is 159 Å². The molecule has 0 spiro atoms. The Balaban J connectivity index is 2.02. The average molecular weight is 384 g/mol. The first kappa shape index (κ1) is 18.5. The zero-order valence-electron chi connectivity index (χ0n) is 14.4. The van der Waals surface area contributed by atoms with Gasteiger partial charge in [-0.3, -0.25) is 14.9 Å². The Morgan fingerprint density at radius 3 is 2.70 bits per heavy atom. The first-order valence-electron chi connectivity index (χ1n) is 8.06. The molecule has 0 unspecified atom stereocenters. The van der Waals surface area contributed by atoms with E-state index in [9.17, 15) is 14.9 Å². The number of nitrogens with zero attached hydrogens (tertiary/aromatic N) is 2. The molecule has 0 aliphatic rings. The number of carboxylic acids is 1. The second kappa shape index (κ2) is 7.96. The molecule has 138 valence electrons. The van der Waals surface area contributed by atoms with Crippen LogP contribution in [0.15, 0.2) is 47.8 Å². The third-order valence-electron chi connectivity index (χ3n) is 3.77. The number of nitro benzene ring substituents is 1. The molecule has 0 amide bonds. The fourth-order valence-electron chi connectivity index (χ4n) is 2.61. The van der Waals surface area contributed by atoms with E-state index < -0.39 is 10.9 Å². The molecule has 0 fully saturated rings. The van der Waals surface area contributed by atoms with Gasteiger partial charge >= 0.3 is 11.7 Å². The number of carboxylic acid groups (broad SMARTS) is 1. The quantitative estimate of drug-likeness (QED) is 0.483. The molecule has 0 aliphatic carbocycles. The lowest BCUT2D eigenvalue weighted by Gasteiger charge is -2.12. The average Bonchev–Trinajstić information content (AvgIpc) is 3.08. The van der Waals surface area contributed by atoms with Gasteiger partial charge in [0.2, 0.25) is 5.75 Å². The molecule has 2 aromatic carbocycles. The molecule has 3 rings (SSSR count). The molecule has 7 nitrogen and oxygen atoms in total. The maximum Gasteiger partial charge on any atom is 0.311 e. The van der Waals surface area contributed by atoms with Crippen LogP contribution in [0.4, 0.5) is 5.69 Å². The van der Waals surface area contributed by atoms with Crippen LogP contribution >= 0.6 is 11.3 Å². The molecular weight excluding hydrogens is 368 g/mol. The summed E-state index contributed by atoms with van der Waals surface area (Å²) in [5, 5.41) is 22.6. The van der Waals surface area contributed by atoms with E-state index >= 15 is 0 Å². The summed E-state index contributed by atoms with van der Waals surface area (Å²) in [4.78, 5) is 26.3. The van der Waals surface area contributed by atoms with E-state index in [1.807, 2.05) is 30.3 Å². The van der Waals surface area contributed by atoms with E-state index in [1.54, 1.807) is 18.4 Å². The molecule has 0 bridgehead atoms. The molecule has 0 atom stereocenters. The SMILES string of the molecule is Cc1cc(-c2csc(CC(=O)O)n2)c(OCc2ccccc2)c([N+](=O)[O-])c1. The fourth-order valence-corrected chi connectivity index (χ4v) is 3.39. The van der Waals surface area contributed by atoms with Gasteiger partial charge in [0, 0.05) is 11.4 Å². The summed E-state index contributed by atoms with van der Waals surface area (Å²) < 4.78 is 5.82. The number of rotatable bonds is 7. The number of benzene rings is 2. The zero-order chi connectivity index (χ0) is 19.4. The highest BCUT2D eigenvalue weighted by Gasteiger charge is 2.23. The highest BCUT2D eigenvalue weighted by molar-refractivity contribution is 7.10. The number of aryl methyl sites for hydroxylation is 1. The van der Waals surface area contributed by atoms with Crippen LogP contribution in [-0.4, -0.2) is 21.0 Å². The van der Waals surface area contributed by atoms with E-state index in [0.717, 1.165) is 5.56 Å². The van der Waals surface area contributed by atoms with Crippen molar-refractivity contribution in [3.8, 4) is 17.0 Å². The second-order valence-corrected chi connectivity index (χ2v) is 6.83. The van der Waals surface area contributed by atoms with Gasteiger partial charge in [0.25, 0.3) is 0 Å². The van der Waals surface area contributed by atoms with Crippen molar-refractivity contribution >= 4 is 23.0 Å². The molecule has 3 aromatic rings. The summed E-state index contributed by atoms with van der Waals surface area (Å²) in [6, 6.07) is 12.5. The number of ether oxygens (including phenoxy) is 1. The Morgan fingerprint density at radius 1 is 1.30 bits per heavy atom. The Kier molecular flexibility index (Phi) is 5.46. The summed E-state index contributed by atoms with van der Waals surface area (Å²) in [6.45, 7) is 1.92. The molecule has 27 heavy (non-hydrogen) atoms. The van der Waals surface area contributed by atoms with E-state index in [1.165, 1.54) is 17.4 Å². The second-order valence-electron chi connectivity index (χ2n) is 5.89. The molecular formula is C19H16N2O5S. The Bertz CT molecular complexity index is 985. The van der Waals surface area contributed by atoms with Crippen molar-refractivity contribution in [1.82, 2.24) is 4.98 Å². The number of aliphatic carboxylic acids is 1. The lowest BCUT2D eigenvalue weighted by molar-refractivity contribution is -0.385. The first-order chi connectivity index (χ1) is 12.9. The van der Waals surface area contributed by atoms with Crippen molar-refractivity contribution in [3.63, 3.8) is 0 Å². The van der Waals surface area contributed by atoms with Crippen LogP contribution in [0, 0.1) is 17.0 Å². The molecule has 0 radical (unpaired) electrons. The number of carbonyl (C=O) groups is 1. The predicted molar refractivity (Wildman–Crippen MR) is 101 cm³/mol. The van der Waals surface area contributed by atoms with Gasteiger partial charge in [-0.2, -0.15) is 0 Å². The molecule has 0 aliphatic heterocycles. The summed E-state index contributed by atoms with van der Waals surface area (Å²) in [5.41, 5.74) is 2.37. The lowest BCUT2D eigenvalue weighted by atomic mass is 10.1. The molecule has 0 saturated carbocycles. The highest BCUT2D eigenvalue weighted by atomic mass is 32.1. The Hall–Kier alpha value is -3.26. The van der Waals surface area contributed by atoms with Gasteiger partial charge in [-0.05, 0) is 24.1 Å². The van der Waals surface area contributed by atoms with E-state index in [2.05, 4.69) is 4.98 Å². The van der Waals surface area contributed by atoms with Gasteiger partial charge in [-0.15, -0.1) is 11.3 Å². The smallest absolute Gasteiger partial charge is 0.311 e. The largest absolute Gasteiger partial charge is 0.481 e. The van der Waals surface area contributed by atoms with Gasteiger partial charge < -0.3 is 9.84 Å². The van der Waals surface area contributed by atoms with Crippen LogP contribution in [-0.2, 0) is 17.8 Å². The maximum atomic E-state index is 11.5. The summed E-state index contributed by atoms with van der Waals surface area (Å²) in [6.07, 6.45) is -0.196. The van der Waals surface area contributed by atoms with Crippen LogP contribution in [0.3, 0.4) is 0 Å². The minimum absolute atomic E-state index is 0.127. The van der Waals surface area contributed by atoms with E-state index in [0.29, 0.717) is 21.8 Å².